The number of hydrogen-bond donors (Lipinski definition) is 2. The largest absolute Gasteiger partial charge is 0.457 e. The van der Waals surface area contributed by atoms with Gasteiger partial charge in [-0.3, -0.25) is 9.89 Å². The van der Waals surface area contributed by atoms with E-state index in [1.165, 1.54) is 18.4 Å². The summed E-state index contributed by atoms with van der Waals surface area (Å²) < 4.78 is 5.91. The van der Waals surface area contributed by atoms with Crippen LogP contribution in [-0.4, -0.2) is 41.6 Å². The lowest BCUT2D eigenvalue weighted by atomic mass is 10.1. The van der Waals surface area contributed by atoms with Gasteiger partial charge in [-0.1, -0.05) is 19.4 Å². The van der Waals surface area contributed by atoms with Crippen molar-refractivity contribution in [1.29, 1.82) is 0 Å². The molecular formula is C23H28N4O2. The molecule has 0 spiro atoms. The van der Waals surface area contributed by atoms with Crippen LogP contribution < -0.4 is 10.1 Å². The van der Waals surface area contributed by atoms with Gasteiger partial charge in [0.2, 0.25) is 0 Å². The third-order valence-electron chi connectivity index (χ3n) is 4.75. The molecule has 2 N–H and O–H groups in total. The van der Waals surface area contributed by atoms with Gasteiger partial charge in [0.25, 0.3) is 5.91 Å². The molecule has 0 aliphatic heterocycles. The van der Waals surface area contributed by atoms with Gasteiger partial charge in [-0.25, -0.2) is 0 Å². The number of carbonyl (C=O) groups excluding carboxylic acids is 1. The van der Waals surface area contributed by atoms with Crippen molar-refractivity contribution >= 4 is 5.91 Å². The number of carbonyl (C=O) groups is 1. The molecule has 0 radical (unpaired) electrons. The van der Waals surface area contributed by atoms with E-state index in [4.69, 9.17) is 4.74 Å². The second kappa shape index (κ2) is 9.89. The van der Waals surface area contributed by atoms with Crippen molar-refractivity contribution in [2.45, 2.75) is 26.3 Å². The quantitative estimate of drug-likeness (QED) is 0.564. The Labute approximate surface area is 171 Å². The van der Waals surface area contributed by atoms with Crippen LogP contribution in [0, 0.1) is 0 Å². The molecule has 0 saturated carbocycles. The summed E-state index contributed by atoms with van der Waals surface area (Å²) in [6.45, 7) is 4.13. The van der Waals surface area contributed by atoms with Gasteiger partial charge in [-0.2, -0.15) is 5.10 Å². The van der Waals surface area contributed by atoms with Gasteiger partial charge in [0, 0.05) is 30.3 Å². The van der Waals surface area contributed by atoms with Crippen molar-refractivity contribution in [2.75, 3.05) is 20.6 Å². The highest BCUT2D eigenvalue weighted by atomic mass is 16.5. The maximum Gasteiger partial charge on any atom is 0.251 e. The summed E-state index contributed by atoms with van der Waals surface area (Å²) in [5.41, 5.74) is 3.83. The monoisotopic (exact) mass is 392 g/mol. The van der Waals surface area contributed by atoms with Crippen LogP contribution in [0.1, 0.15) is 35.7 Å². The lowest BCUT2D eigenvalue weighted by Gasteiger charge is -2.16. The van der Waals surface area contributed by atoms with Crippen LogP contribution in [0.3, 0.4) is 0 Å². The number of rotatable bonds is 9. The minimum absolute atomic E-state index is 0.138. The first-order chi connectivity index (χ1) is 14.1. The summed E-state index contributed by atoms with van der Waals surface area (Å²) >= 11 is 0. The molecule has 29 heavy (non-hydrogen) atoms. The van der Waals surface area contributed by atoms with E-state index in [2.05, 4.69) is 34.4 Å². The minimum atomic E-state index is -0.138. The number of nitrogens with one attached hydrogen (secondary N) is 2. The number of H-pyrrole nitrogens is 1. The molecule has 1 amide bonds. The topological polar surface area (TPSA) is 70.2 Å². The Balaban J connectivity index is 1.70. The summed E-state index contributed by atoms with van der Waals surface area (Å²) in [6.07, 6.45) is 4.28. The van der Waals surface area contributed by atoms with Gasteiger partial charge < -0.3 is 15.0 Å². The van der Waals surface area contributed by atoms with Crippen LogP contribution in [-0.2, 0) is 6.54 Å². The van der Waals surface area contributed by atoms with Crippen molar-refractivity contribution in [2.24, 2.45) is 0 Å². The van der Waals surface area contributed by atoms with Crippen molar-refractivity contribution in [3.05, 3.63) is 65.9 Å². The number of aromatic amines is 1. The van der Waals surface area contributed by atoms with Gasteiger partial charge in [0.15, 0.2) is 0 Å². The highest BCUT2D eigenvalue weighted by Crippen LogP contribution is 2.27. The van der Waals surface area contributed by atoms with E-state index in [-0.39, 0.29) is 5.91 Å². The molecule has 3 aromatic rings. The lowest BCUT2D eigenvalue weighted by Crippen LogP contribution is -2.19. The van der Waals surface area contributed by atoms with Crippen molar-refractivity contribution in [3.8, 4) is 22.8 Å². The van der Waals surface area contributed by atoms with E-state index in [1.807, 2.05) is 36.5 Å². The van der Waals surface area contributed by atoms with E-state index < -0.39 is 0 Å². The van der Waals surface area contributed by atoms with E-state index in [1.54, 1.807) is 25.2 Å². The van der Waals surface area contributed by atoms with E-state index in [9.17, 15) is 4.79 Å². The predicted octanol–water partition coefficient (Wildman–Crippen LogP) is 4.46. The van der Waals surface area contributed by atoms with Crippen LogP contribution >= 0.6 is 0 Å². The Kier molecular flexibility index (Phi) is 7.03. The molecule has 0 aliphatic carbocycles. The van der Waals surface area contributed by atoms with Gasteiger partial charge in [0.05, 0.1) is 11.9 Å². The van der Waals surface area contributed by atoms with E-state index in [0.29, 0.717) is 17.1 Å². The number of unbranched alkanes of at least 4 members (excludes halogenated alkanes) is 1. The first-order valence-electron chi connectivity index (χ1n) is 9.92. The molecule has 0 bridgehead atoms. The maximum absolute atomic E-state index is 11.8. The van der Waals surface area contributed by atoms with Crippen LogP contribution in [0.5, 0.6) is 11.5 Å². The van der Waals surface area contributed by atoms with Crippen LogP contribution in [0.2, 0.25) is 0 Å². The van der Waals surface area contributed by atoms with Gasteiger partial charge >= 0.3 is 0 Å². The smallest absolute Gasteiger partial charge is 0.251 e. The molecule has 0 unspecified atom stereocenters. The molecule has 6 nitrogen and oxygen atoms in total. The second-order valence-corrected chi connectivity index (χ2v) is 7.09. The lowest BCUT2D eigenvalue weighted by molar-refractivity contribution is 0.0963. The number of amides is 1. The van der Waals surface area contributed by atoms with Gasteiger partial charge in [-0.15, -0.1) is 0 Å². The summed E-state index contributed by atoms with van der Waals surface area (Å²) in [6, 6.07) is 15.0. The number of ether oxygens (including phenoxy) is 1. The maximum atomic E-state index is 11.8. The number of aromatic nitrogens is 2. The van der Waals surface area contributed by atoms with Crippen molar-refractivity contribution in [1.82, 2.24) is 20.4 Å². The molecule has 0 atom stereocenters. The third-order valence-corrected chi connectivity index (χ3v) is 4.75. The minimum Gasteiger partial charge on any atom is -0.457 e. The summed E-state index contributed by atoms with van der Waals surface area (Å²) in [4.78, 5) is 14.1. The van der Waals surface area contributed by atoms with Gasteiger partial charge in [0.1, 0.15) is 11.5 Å². The van der Waals surface area contributed by atoms with Gasteiger partial charge in [-0.05, 0) is 62.5 Å². The highest BCUT2D eigenvalue weighted by Gasteiger charge is 2.11. The Bertz CT molecular complexity index is 934. The summed E-state index contributed by atoms with van der Waals surface area (Å²) in [5, 5.41) is 9.97. The first kappa shape index (κ1) is 20.6. The molecule has 0 saturated heterocycles. The molecule has 1 aromatic heterocycles. The molecule has 3 rings (SSSR count). The summed E-state index contributed by atoms with van der Waals surface area (Å²) in [5.74, 6) is 1.20. The fraction of sp³-hybridized carbons (Fsp3) is 0.304. The van der Waals surface area contributed by atoms with Crippen molar-refractivity contribution in [3.63, 3.8) is 0 Å². The summed E-state index contributed by atoms with van der Waals surface area (Å²) in [7, 11) is 3.75. The Hall–Kier alpha value is -3.12. The molecule has 0 fully saturated rings. The fourth-order valence-electron chi connectivity index (χ4n) is 3.15. The molecule has 0 aliphatic rings. The number of nitrogens with zero attached hydrogens (tertiary/aromatic N) is 2. The van der Waals surface area contributed by atoms with Crippen molar-refractivity contribution < 1.29 is 9.53 Å². The highest BCUT2D eigenvalue weighted by molar-refractivity contribution is 5.94. The molecule has 6 heteroatoms. The molecule has 152 valence electrons. The zero-order chi connectivity index (χ0) is 20.6. The van der Waals surface area contributed by atoms with Crippen LogP contribution in [0.4, 0.5) is 0 Å². The number of benzene rings is 2. The number of hydrogen-bond acceptors (Lipinski definition) is 4. The standard InChI is InChI=1S/C23H28N4O2/c1-4-5-13-27(3)16-19-15-25-26-22(19)17-9-11-20(12-10-17)29-21-8-6-7-18(14-21)23(28)24-2/h6-12,14-15H,4-5,13,16H2,1-3H3,(H,24,28)(H,25,26). The van der Waals surface area contributed by atoms with Crippen LogP contribution in [0.25, 0.3) is 11.3 Å². The van der Waals surface area contributed by atoms with Crippen LogP contribution in [0.15, 0.2) is 54.7 Å². The molecule has 1 heterocycles. The zero-order valence-electron chi connectivity index (χ0n) is 17.2. The fourth-order valence-corrected chi connectivity index (χ4v) is 3.15. The average molecular weight is 393 g/mol. The van der Waals surface area contributed by atoms with E-state index >= 15 is 0 Å². The SMILES string of the molecule is CCCCN(C)Cc1cn[nH]c1-c1ccc(Oc2cccc(C(=O)NC)c2)cc1. The second-order valence-electron chi connectivity index (χ2n) is 7.09. The Morgan fingerprint density at radius 2 is 1.97 bits per heavy atom. The first-order valence-corrected chi connectivity index (χ1v) is 9.92. The normalized spacial score (nSPS) is 10.9. The molecular weight excluding hydrogens is 364 g/mol. The Morgan fingerprint density at radius 1 is 1.17 bits per heavy atom. The zero-order valence-corrected chi connectivity index (χ0v) is 17.2. The molecule has 2 aromatic carbocycles. The average Bonchev–Trinajstić information content (AvgIpc) is 3.20. The third kappa shape index (κ3) is 5.45. The predicted molar refractivity (Wildman–Crippen MR) is 115 cm³/mol. The Morgan fingerprint density at radius 3 is 2.69 bits per heavy atom. The van der Waals surface area contributed by atoms with E-state index in [0.717, 1.165) is 24.3 Å².